The molecule has 2 aromatic heterocycles. The maximum Gasteiger partial charge on any atom is 0.268 e. The highest BCUT2D eigenvalue weighted by atomic mass is 32.2. The number of ether oxygens (including phenoxy) is 7. The van der Waals surface area contributed by atoms with E-state index >= 15 is 0 Å². The van der Waals surface area contributed by atoms with Gasteiger partial charge < -0.3 is 37.7 Å². The lowest BCUT2D eigenvalue weighted by Crippen LogP contribution is -2.62. The Bertz CT molecular complexity index is 3490. The first-order valence-electron chi connectivity index (χ1n) is 27.3. The number of nitrogens with zero attached hydrogens (tertiary/aromatic N) is 6. The Morgan fingerprint density at radius 3 is 1.84 bits per heavy atom. The van der Waals surface area contributed by atoms with E-state index < -0.39 is 46.3 Å². The zero-order valence-electron chi connectivity index (χ0n) is 45.2. The van der Waals surface area contributed by atoms with Crippen molar-refractivity contribution in [2.75, 3.05) is 33.5 Å². The van der Waals surface area contributed by atoms with E-state index in [9.17, 15) is 8.42 Å². The van der Waals surface area contributed by atoms with Gasteiger partial charge in [0.1, 0.15) is 35.7 Å². The molecule has 1 saturated heterocycles. The third-order valence-electron chi connectivity index (χ3n) is 14.6. The minimum atomic E-state index is -3.92. The van der Waals surface area contributed by atoms with E-state index in [2.05, 4.69) is 51.0 Å². The summed E-state index contributed by atoms with van der Waals surface area (Å²) in [7, 11) is -2.25. The van der Waals surface area contributed by atoms with E-state index in [-0.39, 0.29) is 37.9 Å². The average molecular weight is 1110 g/mol. The number of rotatable bonds is 28. The van der Waals surface area contributed by atoms with Gasteiger partial charge in [0.05, 0.1) is 62.6 Å². The van der Waals surface area contributed by atoms with Crippen LogP contribution in [-0.4, -0.2) is 86.1 Å². The quantitative estimate of drug-likeness (QED) is 0.0151. The van der Waals surface area contributed by atoms with Gasteiger partial charge in [-0.2, -0.15) is 0 Å². The highest BCUT2D eigenvalue weighted by molar-refractivity contribution is 7.90. The monoisotopic (exact) mass is 1110 g/mol. The first-order valence-corrected chi connectivity index (χ1v) is 28.8. The van der Waals surface area contributed by atoms with Gasteiger partial charge in [0, 0.05) is 35.8 Å². The van der Waals surface area contributed by atoms with Crippen LogP contribution in [0.25, 0.3) is 21.3 Å². The number of hydrogen-bond donors (Lipinski definition) is 0. The maximum absolute atomic E-state index is 14.1. The largest absolute Gasteiger partial charge is 0.497 e. The van der Waals surface area contributed by atoms with E-state index in [0.717, 1.165) is 63.8 Å². The van der Waals surface area contributed by atoms with Crippen molar-refractivity contribution in [3.8, 4) is 5.75 Å². The fourth-order valence-corrected chi connectivity index (χ4v) is 12.0. The number of fused-ring (bicyclic) bond motifs is 1. The molecule has 0 aliphatic carbocycles. The number of methoxy groups -OCH3 is 1. The predicted molar refractivity (Wildman–Crippen MR) is 310 cm³/mol. The number of unbranched alkanes of at least 4 members (excludes halogenated alkanes) is 2. The highest BCUT2D eigenvalue weighted by Gasteiger charge is 2.49. The molecule has 9 aromatic rings. The Balaban J connectivity index is 0.991. The van der Waals surface area contributed by atoms with Gasteiger partial charge in [-0.3, -0.25) is 0 Å². The van der Waals surface area contributed by atoms with Gasteiger partial charge in [-0.25, -0.2) is 17.4 Å². The summed E-state index contributed by atoms with van der Waals surface area (Å²) in [5.41, 5.74) is 14.9. The van der Waals surface area contributed by atoms with Crippen LogP contribution in [0.15, 0.2) is 229 Å². The standard InChI is InChI=1S/C65H66N6O9S/c1-74-56-36-34-54(35-37-56)65(52-26-12-4-13-27-52,53-28-14-5-15-29-53)70-43-55(67-48-70)46-79-61-60(47-75-40-21-7-20-39-68-69-66)80-64(63(78-45-50-24-10-3-11-25-50)62(61)77-44-49-22-8-2-9-23-49)76-41-38-51-42-71(59-33-19-18-32-58(51)59)81(72,73)57-30-16-6-17-31-57/h2-6,8-19,22-37,42-43,48,60-64H,7,20-21,38-41,44-47H2,1H3/t60-,61-,62+,63-,64-/m1/s1. The molecular formula is C65H66N6O9S. The molecule has 3 heterocycles. The van der Waals surface area contributed by atoms with E-state index in [1.54, 1.807) is 43.6 Å². The summed E-state index contributed by atoms with van der Waals surface area (Å²) >= 11 is 0. The Kier molecular flexibility index (Phi) is 19.2. The molecule has 15 nitrogen and oxygen atoms in total. The average Bonchev–Trinajstić information content (AvgIpc) is 4.21. The van der Waals surface area contributed by atoms with Crippen LogP contribution in [0.3, 0.4) is 0 Å². The van der Waals surface area contributed by atoms with Crippen molar-refractivity contribution in [2.24, 2.45) is 5.11 Å². The summed E-state index contributed by atoms with van der Waals surface area (Å²) in [6, 6.07) is 64.7. The second-order valence-corrected chi connectivity index (χ2v) is 21.6. The number of benzene rings is 7. The zero-order chi connectivity index (χ0) is 55.7. The van der Waals surface area contributed by atoms with Crippen LogP contribution in [0.5, 0.6) is 5.75 Å². The van der Waals surface area contributed by atoms with Crippen LogP contribution in [0.2, 0.25) is 0 Å². The van der Waals surface area contributed by atoms with Gasteiger partial charge in [0.25, 0.3) is 10.0 Å². The number of para-hydroxylation sites is 1. The second kappa shape index (κ2) is 27.5. The minimum absolute atomic E-state index is 0.0668. The van der Waals surface area contributed by atoms with Crippen LogP contribution in [0.4, 0.5) is 0 Å². The Hall–Kier alpha value is -7.89. The topological polar surface area (TPSA) is 170 Å². The molecule has 1 fully saturated rings. The molecule has 1 aliphatic heterocycles. The summed E-state index contributed by atoms with van der Waals surface area (Å²) in [4.78, 5) is 8.13. The van der Waals surface area contributed by atoms with Gasteiger partial charge in [-0.1, -0.05) is 181 Å². The molecule has 10 rings (SSSR count). The van der Waals surface area contributed by atoms with E-state index in [4.69, 9.17) is 43.7 Å². The Morgan fingerprint density at radius 1 is 0.617 bits per heavy atom. The van der Waals surface area contributed by atoms with Crippen molar-refractivity contribution in [3.63, 3.8) is 0 Å². The predicted octanol–water partition coefficient (Wildman–Crippen LogP) is 12.5. The van der Waals surface area contributed by atoms with Crippen LogP contribution in [0.1, 0.15) is 58.3 Å². The van der Waals surface area contributed by atoms with Crippen molar-refractivity contribution in [1.82, 2.24) is 13.5 Å². The number of hydrogen-bond acceptors (Lipinski definition) is 11. The minimum Gasteiger partial charge on any atom is -0.497 e. The van der Waals surface area contributed by atoms with E-state index in [0.29, 0.717) is 30.8 Å². The summed E-state index contributed by atoms with van der Waals surface area (Å²) in [6.45, 7) is 1.61. The number of aromatic nitrogens is 3. The molecule has 0 spiro atoms. The summed E-state index contributed by atoms with van der Waals surface area (Å²) in [6.07, 6.45) is 4.08. The van der Waals surface area contributed by atoms with E-state index in [1.165, 1.54) is 3.97 Å². The van der Waals surface area contributed by atoms with Gasteiger partial charge in [0.15, 0.2) is 6.29 Å². The molecule has 0 saturated carbocycles. The first kappa shape index (κ1) is 56.4. The number of azide groups is 1. The van der Waals surface area contributed by atoms with Crippen molar-refractivity contribution >= 4 is 20.9 Å². The molecule has 0 amide bonds. The highest BCUT2D eigenvalue weighted by Crippen LogP contribution is 2.42. The summed E-state index contributed by atoms with van der Waals surface area (Å²) in [5, 5.41) is 4.48. The lowest BCUT2D eigenvalue weighted by atomic mass is 9.76. The molecule has 0 unspecified atom stereocenters. The number of imidazole rings is 1. The second-order valence-electron chi connectivity index (χ2n) is 19.8. The maximum atomic E-state index is 14.1. The molecular weight excluding hydrogens is 1040 g/mol. The summed E-state index contributed by atoms with van der Waals surface area (Å²) in [5.74, 6) is 0.746. The normalized spacial score (nSPS) is 17.4. The molecule has 7 aromatic carbocycles. The zero-order valence-corrected chi connectivity index (χ0v) is 46.0. The molecule has 0 N–H and O–H groups in total. The van der Waals surface area contributed by atoms with Crippen LogP contribution in [-0.2, 0) is 70.2 Å². The lowest BCUT2D eigenvalue weighted by molar-refractivity contribution is -0.328. The molecule has 416 valence electrons. The smallest absolute Gasteiger partial charge is 0.268 e. The first-order chi connectivity index (χ1) is 39.9. The van der Waals surface area contributed by atoms with Crippen molar-refractivity contribution < 1.29 is 41.6 Å². The molecule has 1 aliphatic rings. The van der Waals surface area contributed by atoms with E-state index in [1.807, 2.05) is 146 Å². The fraction of sp³-hybridized carbons (Fsp3) is 0.277. The molecule has 16 heteroatoms. The molecule has 5 atom stereocenters. The molecule has 0 radical (unpaired) electrons. The fourth-order valence-electron chi connectivity index (χ4n) is 10.6. The van der Waals surface area contributed by atoms with Gasteiger partial charge in [0.2, 0.25) is 0 Å². The summed E-state index contributed by atoms with van der Waals surface area (Å²) < 4.78 is 78.8. The van der Waals surface area contributed by atoms with Crippen molar-refractivity contribution in [3.05, 3.63) is 268 Å². The SMILES string of the molecule is COc1ccc(C(c2ccccc2)(c2ccccc2)n2cnc(CO[C@H]3[C@H](OCc4ccccc4)[C@@H](OCc4ccccc4)[C@H](OCCc4cn(S(=O)(=O)c5ccccc5)c5ccccc45)O[C@@H]3COCCCCCN=[N+]=[N-])c2)cc1. The van der Waals surface area contributed by atoms with Gasteiger partial charge in [-0.05, 0) is 88.5 Å². The Labute approximate surface area is 473 Å². The van der Waals surface area contributed by atoms with Gasteiger partial charge >= 0.3 is 0 Å². The van der Waals surface area contributed by atoms with Gasteiger partial charge in [-0.15, -0.1) is 0 Å². The van der Waals surface area contributed by atoms with Crippen LogP contribution in [0, 0.1) is 0 Å². The van der Waals surface area contributed by atoms with Crippen LogP contribution < -0.4 is 4.74 Å². The molecule has 0 bridgehead atoms. The lowest BCUT2D eigenvalue weighted by Gasteiger charge is -2.45. The van der Waals surface area contributed by atoms with Crippen molar-refractivity contribution in [2.45, 2.75) is 86.6 Å². The Morgan fingerprint density at radius 2 is 1.20 bits per heavy atom. The third-order valence-corrected chi connectivity index (χ3v) is 16.3. The third kappa shape index (κ3) is 13.3. The molecule has 81 heavy (non-hydrogen) atoms. The van der Waals surface area contributed by atoms with Crippen molar-refractivity contribution in [1.29, 1.82) is 0 Å². The van der Waals surface area contributed by atoms with Crippen LogP contribution >= 0.6 is 0 Å².